The number of para-hydroxylation sites is 2. The summed E-state index contributed by atoms with van der Waals surface area (Å²) in [6, 6.07) is 18.6. The van der Waals surface area contributed by atoms with Gasteiger partial charge >= 0.3 is 0 Å². The highest BCUT2D eigenvalue weighted by Crippen LogP contribution is 2.45. The quantitative estimate of drug-likeness (QED) is 0.488. The molecule has 0 saturated heterocycles. The lowest BCUT2D eigenvalue weighted by Gasteiger charge is -2.44. The molecule has 1 fully saturated rings. The van der Waals surface area contributed by atoms with Crippen LogP contribution >= 0.6 is 0 Å². The van der Waals surface area contributed by atoms with E-state index in [1.54, 1.807) is 0 Å². The minimum atomic E-state index is 0.410. The van der Waals surface area contributed by atoms with Crippen molar-refractivity contribution in [1.29, 1.82) is 0 Å². The first-order chi connectivity index (χ1) is 14.4. The van der Waals surface area contributed by atoms with Crippen molar-refractivity contribution in [3.05, 3.63) is 59.7 Å². The number of benzene rings is 2. The lowest BCUT2D eigenvalue weighted by Crippen LogP contribution is -2.43. The van der Waals surface area contributed by atoms with Crippen molar-refractivity contribution < 1.29 is 0 Å². The Kier molecular flexibility index (Phi) is 4.88. The normalized spacial score (nSPS) is 24.2. The molecule has 1 aromatic heterocycles. The molecule has 0 N–H and O–H groups in total. The number of rotatable bonds is 3. The molecule has 2 aromatic carbocycles. The highest BCUT2D eigenvalue weighted by atomic mass is 15.3. The summed E-state index contributed by atoms with van der Waals surface area (Å²) < 4.78 is 2.33. The SMILES string of the molecule is Cn1c(N(C2CCC(C(C)(C)C)CC2)C2CCc3ccccc32)nc2ccccc21. The van der Waals surface area contributed by atoms with E-state index in [4.69, 9.17) is 4.98 Å². The number of nitrogens with zero attached hydrogens (tertiary/aromatic N) is 3. The van der Waals surface area contributed by atoms with E-state index in [2.05, 4.69) is 85.8 Å². The second-order valence-corrected chi connectivity index (χ2v) is 10.5. The van der Waals surface area contributed by atoms with E-state index in [9.17, 15) is 0 Å². The topological polar surface area (TPSA) is 21.1 Å². The third-order valence-corrected chi connectivity index (χ3v) is 7.75. The van der Waals surface area contributed by atoms with Gasteiger partial charge in [0, 0.05) is 13.1 Å². The van der Waals surface area contributed by atoms with Crippen molar-refractivity contribution in [2.24, 2.45) is 18.4 Å². The molecule has 3 nitrogen and oxygen atoms in total. The molecule has 158 valence electrons. The molecule has 3 aromatic rings. The van der Waals surface area contributed by atoms with Crippen LogP contribution in [0.5, 0.6) is 0 Å². The van der Waals surface area contributed by atoms with Crippen molar-refractivity contribution in [2.45, 2.75) is 71.4 Å². The zero-order valence-electron chi connectivity index (χ0n) is 18.9. The van der Waals surface area contributed by atoms with Crippen LogP contribution in [0.1, 0.15) is 70.0 Å². The summed E-state index contributed by atoms with van der Waals surface area (Å²) in [6.45, 7) is 7.23. The van der Waals surface area contributed by atoms with E-state index >= 15 is 0 Å². The summed E-state index contributed by atoms with van der Waals surface area (Å²) in [5.74, 6) is 1.98. The molecule has 0 radical (unpaired) electrons. The Hall–Kier alpha value is -2.29. The number of hydrogen-bond acceptors (Lipinski definition) is 2. The predicted octanol–water partition coefficient (Wildman–Crippen LogP) is 6.67. The van der Waals surface area contributed by atoms with Crippen molar-refractivity contribution in [1.82, 2.24) is 9.55 Å². The van der Waals surface area contributed by atoms with Gasteiger partial charge in [0.25, 0.3) is 0 Å². The first kappa shape index (κ1) is 19.7. The summed E-state index contributed by atoms with van der Waals surface area (Å²) >= 11 is 0. The van der Waals surface area contributed by atoms with E-state index in [-0.39, 0.29) is 0 Å². The van der Waals surface area contributed by atoms with E-state index in [1.165, 1.54) is 55.2 Å². The van der Waals surface area contributed by atoms with Gasteiger partial charge in [-0.1, -0.05) is 57.2 Å². The van der Waals surface area contributed by atoms with Gasteiger partial charge in [-0.25, -0.2) is 4.98 Å². The average Bonchev–Trinajstić information content (AvgIpc) is 3.31. The van der Waals surface area contributed by atoms with Gasteiger partial charge in [-0.3, -0.25) is 0 Å². The van der Waals surface area contributed by atoms with Crippen LogP contribution in [0.25, 0.3) is 11.0 Å². The molecular weight excluding hydrogens is 366 g/mol. The molecule has 1 atom stereocenters. The smallest absolute Gasteiger partial charge is 0.207 e. The van der Waals surface area contributed by atoms with Crippen molar-refractivity contribution >= 4 is 17.0 Å². The third kappa shape index (κ3) is 3.33. The molecule has 5 rings (SSSR count). The number of imidazole rings is 1. The third-order valence-electron chi connectivity index (χ3n) is 7.75. The molecule has 1 heterocycles. The Labute approximate surface area is 181 Å². The second-order valence-electron chi connectivity index (χ2n) is 10.5. The summed E-state index contributed by atoms with van der Waals surface area (Å²) in [5, 5.41) is 0. The summed E-state index contributed by atoms with van der Waals surface area (Å²) in [6.07, 6.45) is 7.56. The number of fused-ring (bicyclic) bond motifs is 2. The van der Waals surface area contributed by atoms with Crippen LogP contribution in [-0.4, -0.2) is 15.6 Å². The Morgan fingerprint density at radius 1 is 0.900 bits per heavy atom. The van der Waals surface area contributed by atoms with Gasteiger partial charge in [0.1, 0.15) is 0 Å². The molecule has 2 aliphatic carbocycles. The maximum atomic E-state index is 5.16. The molecule has 30 heavy (non-hydrogen) atoms. The first-order valence-corrected chi connectivity index (χ1v) is 11.7. The maximum absolute atomic E-state index is 5.16. The van der Waals surface area contributed by atoms with Gasteiger partial charge in [0.2, 0.25) is 5.95 Å². The number of aryl methyl sites for hydroxylation is 2. The fourth-order valence-corrected chi connectivity index (χ4v) is 5.96. The van der Waals surface area contributed by atoms with E-state index in [0.29, 0.717) is 17.5 Å². The van der Waals surface area contributed by atoms with Crippen LogP contribution in [0.4, 0.5) is 5.95 Å². The summed E-state index contributed by atoms with van der Waals surface area (Å²) in [7, 11) is 2.19. The minimum Gasteiger partial charge on any atom is -0.332 e. The number of hydrogen-bond donors (Lipinski definition) is 0. The molecule has 0 bridgehead atoms. The fourth-order valence-electron chi connectivity index (χ4n) is 5.96. The molecule has 3 heteroatoms. The lowest BCUT2D eigenvalue weighted by molar-refractivity contribution is 0.164. The summed E-state index contributed by atoms with van der Waals surface area (Å²) in [5.41, 5.74) is 5.78. The zero-order chi connectivity index (χ0) is 20.9. The van der Waals surface area contributed by atoms with Crippen LogP contribution in [0.3, 0.4) is 0 Å². The molecular formula is C27H35N3. The molecule has 0 spiro atoms. The highest BCUT2D eigenvalue weighted by molar-refractivity contribution is 5.79. The maximum Gasteiger partial charge on any atom is 0.207 e. The average molecular weight is 402 g/mol. The molecule has 1 saturated carbocycles. The zero-order valence-corrected chi connectivity index (χ0v) is 18.9. The van der Waals surface area contributed by atoms with E-state index < -0.39 is 0 Å². The van der Waals surface area contributed by atoms with E-state index in [0.717, 1.165) is 17.4 Å². The van der Waals surface area contributed by atoms with Crippen molar-refractivity contribution in [2.75, 3.05) is 4.90 Å². The monoisotopic (exact) mass is 401 g/mol. The molecule has 1 unspecified atom stereocenters. The first-order valence-electron chi connectivity index (χ1n) is 11.7. The van der Waals surface area contributed by atoms with Gasteiger partial charge < -0.3 is 9.47 Å². The lowest BCUT2D eigenvalue weighted by atomic mass is 9.71. The Morgan fingerprint density at radius 2 is 1.60 bits per heavy atom. The van der Waals surface area contributed by atoms with Crippen molar-refractivity contribution in [3.8, 4) is 0 Å². The van der Waals surface area contributed by atoms with Gasteiger partial charge in [0.15, 0.2) is 0 Å². The van der Waals surface area contributed by atoms with Crippen LogP contribution < -0.4 is 4.90 Å². The standard InChI is InChI=1S/C27H35N3/c1-27(2,3)20-14-16-21(17-15-20)30(24-18-13-19-9-5-6-10-22(19)24)26-28-23-11-7-8-12-25(23)29(26)4/h5-12,20-21,24H,13-18H2,1-4H3. The summed E-state index contributed by atoms with van der Waals surface area (Å²) in [4.78, 5) is 7.87. The molecule has 0 aliphatic heterocycles. The second kappa shape index (κ2) is 7.44. The Morgan fingerprint density at radius 3 is 2.33 bits per heavy atom. The van der Waals surface area contributed by atoms with Crippen molar-refractivity contribution in [3.63, 3.8) is 0 Å². The number of aromatic nitrogens is 2. The van der Waals surface area contributed by atoms with Gasteiger partial charge in [0.05, 0.1) is 17.1 Å². The fraction of sp³-hybridized carbons (Fsp3) is 0.519. The minimum absolute atomic E-state index is 0.410. The van der Waals surface area contributed by atoms with Gasteiger partial charge in [-0.2, -0.15) is 0 Å². The van der Waals surface area contributed by atoms with E-state index in [1.807, 2.05) is 0 Å². The van der Waals surface area contributed by atoms with Crippen LogP contribution in [0, 0.1) is 11.3 Å². The Balaban J connectivity index is 1.54. The van der Waals surface area contributed by atoms with Crippen LogP contribution in [-0.2, 0) is 13.5 Å². The highest BCUT2D eigenvalue weighted by Gasteiger charge is 2.38. The van der Waals surface area contributed by atoms with Crippen LogP contribution in [0.2, 0.25) is 0 Å². The predicted molar refractivity (Wildman–Crippen MR) is 126 cm³/mol. The molecule has 2 aliphatic rings. The van der Waals surface area contributed by atoms with Gasteiger partial charge in [-0.05, 0) is 73.1 Å². The van der Waals surface area contributed by atoms with Crippen LogP contribution in [0.15, 0.2) is 48.5 Å². The van der Waals surface area contributed by atoms with Gasteiger partial charge in [-0.15, -0.1) is 0 Å². The number of anilines is 1. The largest absolute Gasteiger partial charge is 0.332 e. The molecule has 0 amide bonds. The Bertz CT molecular complexity index is 1030.